The topological polar surface area (TPSA) is 76.1 Å². The average molecular weight is 312 g/mol. The van der Waals surface area contributed by atoms with Crippen LogP contribution in [0.2, 0.25) is 0 Å². The molecule has 0 amide bonds. The maximum atomic E-state index is 10.5. The van der Waals surface area contributed by atoms with Gasteiger partial charge >= 0.3 is 0 Å². The van der Waals surface area contributed by atoms with Crippen molar-refractivity contribution in [2.45, 2.75) is 19.1 Å². The van der Waals surface area contributed by atoms with Crippen molar-refractivity contribution in [1.82, 2.24) is 20.1 Å². The fourth-order valence-corrected chi connectivity index (χ4v) is 2.34. The number of aromatic nitrogens is 3. The van der Waals surface area contributed by atoms with E-state index in [1.54, 1.807) is 24.1 Å². The zero-order chi connectivity index (χ0) is 16.3. The Balaban J connectivity index is 1.58. The Morgan fingerprint density at radius 3 is 2.78 bits per heavy atom. The molecule has 0 fully saturated rings. The highest BCUT2D eigenvalue weighted by Crippen LogP contribution is 2.20. The molecule has 3 rings (SSSR count). The SMILES string of the molecule is Cn1cc(C(C)(O)CNCc2coc(-c3ccccc3)n2)cn1. The minimum absolute atomic E-state index is 0.395. The summed E-state index contributed by atoms with van der Waals surface area (Å²) in [5, 5.41) is 17.8. The zero-order valence-electron chi connectivity index (χ0n) is 13.2. The number of nitrogens with zero attached hydrogens (tertiary/aromatic N) is 3. The van der Waals surface area contributed by atoms with Crippen LogP contribution in [0, 0.1) is 0 Å². The van der Waals surface area contributed by atoms with E-state index in [2.05, 4.69) is 15.4 Å². The fraction of sp³-hybridized carbons (Fsp3) is 0.294. The van der Waals surface area contributed by atoms with Crippen LogP contribution in [-0.4, -0.2) is 26.4 Å². The van der Waals surface area contributed by atoms with Crippen molar-refractivity contribution in [3.05, 3.63) is 60.2 Å². The standard InChI is InChI=1S/C17H20N4O2/c1-17(22,14-8-19-21(2)10-14)12-18-9-15-11-23-16(20-15)13-6-4-3-5-7-13/h3-8,10-11,18,22H,9,12H2,1-2H3. The average Bonchev–Trinajstić information content (AvgIpc) is 3.17. The number of hydrogen-bond donors (Lipinski definition) is 2. The molecule has 1 unspecified atom stereocenters. The van der Waals surface area contributed by atoms with Gasteiger partial charge in [0.15, 0.2) is 0 Å². The third-order valence-electron chi connectivity index (χ3n) is 3.67. The summed E-state index contributed by atoms with van der Waals surface area (Å²) in [6.45, 7) is 2.67. The summed E-state index contributed by atoms with van der Waals surface area (Å²) in [4.78, 5) is 4.45. The predicted molar refractivity (Wildman–Crippen MR) is 86.4 cm³/mol. The largest absolute Gasteiger partial charge is 0.444 e. The number of oxazole rings is 1. The highest BCUT2D eigenvalue weighted by molar-refractivity contribution is 5.52. The second-order valence-corrected chi connectivity index (χ2v) is 5.79. The zero-order valence-corrected chi connectivity index (χ0v) is 13.2. The van der Waals surface area contributed by atoms with E-state index in [0.717, 1.165) is 16.8 Å². The molecule has 2 aromatic heterocycles. The van der Waals surface area contributed by atoms with Crippen LogP contribution < -0.4 is 5.32 Å². The predicted octanol–water partition coefficient (Wildman–Crippen LogP) is 2.07. The maximum Gasteiger partial charge on any atom is 0.226 e. The van der Waals surface area contributed by atoms with Gasteiger partial charge in [-0.25, -0.2) is 4.98 Å². The van der Waals surface area contributed by atoms with Gasteiger partial charge in [-0.2, -0.15) is 5.10 Å². The van der Waals surface area contributed by atoms with Gasteiger partial charge < -0.3 is 14.8 Å². The van der Waals surface area contributed by atoms with E-state index in [9.17, 15) is 5.11 Å². The molecule has 0 saturated heterocycles. The Labute approximate surface area is 134 Å². The Kier molecular flexibility index (Phi) is 4.27. The highest BCUT2D eigenvalue weighted by Gasteiger charge is 2.24. The van der Waals surface area contributed by atoms with Gasteiger partial charge in [-0.1, -0.05) is 18.2 Å². The molecule has 0 aliphatic carbocycles. The molecule has 0 aliphatic rings. The van der Waals surface area contributed by atoms with Crippen LogP contribution in [0.4, 0.5) is 0 Å². The first-order chi connectivity index (χ1) is 11.0. The molecule has 2 heterocycles. The van der Waals surface area contributed by atoms with E-state index in [4.69, 9.17) is 4.42 Å². The lowest BCUT2D eigenvalue weighted by molar-refractivity contribution is 0.0565. The van der Waals surface area contributed by atoms with Crippen LogP contribution in [0.5, 0.6) is 0 Å². The molecule has 0 spiro atoms. The van der Waals surface area contributed by atoms with Gasteiger partial charge in [-0.15, -0.1) is 0 Å². The normalized spacial score (nSPS) is 13.9. The van der Waals surface area contributed by atoms with E-state index in [-0.39, 0.29) is 0 Å². The van der Waals surface area contributed by atoms with Crippen LogP contribution >= 0.6 is 0 Å². The summed E-state index contributed by atoms with van der Waals surface area (Å²) in [6, 6.07) is 9.76. The molecule has 0 bridgehead atoms. The number of aryl methyl sites for hydroxylation is 1. The van der Waals surface area contributed by atoms with Crippen LogP contribution in [0.15, 0.2) is 53.4 Å². The number of aliphatic hydroxyl groups is 1. The Morgan fingerprint density at radius 2 is 2.09 bits per heavy atom. The summed E-state index contributed by atoms with van der Waals surface area (Å²) < 4.78 is 7.17. The van der Waals surface area contributed by atoms with Gasteiger partial charge in [0.1, 0.15) is 11.9 Å². The quantitative estimate of drug-likeness (QED) is 0.729. The monoisotopic (exact) mass is 312 g/mol. The Morgan fingerprint density at radius 1 is 1.30 bits per heavy atom. The Bertz CT molecular complexity index is 762. The molecule has 6 nitrogen and oxygen atoms in total. The second-order valence-electron chi connectivity index (χ2n) is 5.79. The Hall–Kier alpha value is -2.44. The fourth-order valence-electron chi connectivity index (χ4n) is 2.34. The first-order valence-electron chi connectivity index (χ1n) is 7.47. The third kappa shape index (κ3) is 3.67. The molecule has 0 radical (unpaired) electrons. The lowest BCUT2D eigenvalue weighted by Gasteiger charge is -2.22. The molecule has 2 N–H and O–H groups in total. The molecular formula is C17H20N4O2. The van der Waals surface area contributed by atoms with Crippen LogP contribution in [0.3, 0.4) is 0 Å². The molecule has 6 heteroatoms. The minimum Gasteiger partial charge on any atom is -0.444 e. The second kappa shape index (κ2) is 6.36. The number of rotatable bonds is 6. The minimum atomic E-state index is -0.986. The molecule has 3 aromatic rings. The summed E-state index contributed by atoms with van der Waals surface area (Å²) in [5.74, 6) is 0.599. The molecular weight excluding hydrogens is 292 g/mol. The molecule has 23 heavy (non-hydrogen) atoms. The van der Waals surface area contributed by atoms with Gasteiger partial charge in [0.05, 0.1) is 11.9 Å². The lowest BCUT2D eigenvalue weighted by atomic mass is 10.00. The van der Waals surface area contributed by atoms with E-state index in [0.29, 0.717) is 19.0 Å². The van der Waals surface area contributed by atoms with Crippen molar-refractivity contribution in [2.75, 3.05) is 6.54 Å². The smallest absolute Gasteiger partial charge is 0.226 e. The van der Waals surface area contributed by atoms with Crippen molar-refractivity contribution < 1.29 is 9.52 Å². The molecule has 1 atom stereocenters. The first-order valence-corrected chi connectivity index (χ1v) is 7.47. The number of benzene rings is 1. The van der Waals surface area contributed by atoms with Crippen molar-refractivity contribution in [2.24, 2.45) is 7.05 Å². The summed E-state index contributed by atoms with van der Waals surface area (Å²) in [5.41, 5.74) is 1.53. The van der Waals surface area contributed by atoms with Crippen LogP contribution in [0.25, 0.3) is 11.5 Å². The van der Waals surface area contributed by atoms with Gasteiger partial charge in [0.25, 0.3) is 0 Å². The highest BCUT2D eigenvalue weighted by atomic mass is 16.3. The molecule has 0 saturated carbocycles. The number of nitrogens with one attached hydrogen (secondary N) is 1. The molecule has 120 valence electrons. The van der Waals surface area contributed by atoms with Crippen molar-refractivity contribution in [3.63, 3.8) is 0 Å². The third-order valence-corrected chi connectivity index (χ3v) is 3.67. The molecule has 0 aliphatic heterocycles. The first kappa shape index (κ1) is 15.5. The van der Waals surface area contributed by atoms with Crippen molar-refractivity contribution in [3.8, 4) is 11.5 Å². The van der Waals surface area contributed by atoms with Crippen LogP contribution in [0.1, 0.15) is 18.2 Å². The molecule has 1 aromatic carbocycles. The van der Waals surface area contributed by atoms with E-state index in [1.165, 1.54) is 0 Å². The van der Waals surface area contributed by atoms with Gasteiger partial charge in [0.2, 0.25) is 5.89 Å². The van der Waals surface area contributed by atoms with E-state index < -0.39 is 5.60 Å². The van der Waals surface area contributed by atoms with E-state index >= 15 is 0 Å². The van der Waals surface area contributed by atoms with Gasteiger partial charge in [-0.05, 0) is 19.1 Å². The number of hydrogen-bond acceptors (Lipinski definition) is 5. The van der Waals surface area contributed by atoms with Crippen molar-refractivity contribution in [1.29, 1.82) is 0 Å². The summed E-state index contributed by atoms with van der Waals surface area (Å²) >= 11 is 0. The lowest BCUT2D eigenvalue weighted by Crippen LogP contribution is -2.34. The summed E-state index contributed by atoms with van der Waals surface area (Å²) in [7, 11) is 1.83. The van der Waals surface area contributed by atoms with Crippen molar-refractivity contribution >= 4 is 0 Å². The van der Waals surface area contributed by atoms with Crippen LogP contribution in [-0.2, 0) is 19.2 Å². The maximum absolute atomic E-state index is 10.5. The van der Waals surface area contributed by atoms with Gasteiger partial charge in [0, 0.05) is 37.5 Å². The van der Waals surface area contributed by atoms with Gasteiger partial charge in [-0.3, -0.25) is 4.68 Å². The summed E-state index contributed by atoms with van der Waals surface area (Å²) in [6.07, 6.45) is 5.12. The van der Waals surface area contributed by atoms with E-state index in [1.807, 2.05) is 43.6 Å².